The van der Waals surface area contributed by atoms with Gasteiger partial charge in [0.25, 0.3) is 5.91 Å². The zero-order chi connectivity index (χ0) is 24.6. The highest BCUT2D eigenvalue weighted by Gasteiger charge is 2.11. The summed E-state index contributed by atoms with van der Waals surface area (Å²) < 4.78 is 30.6. The molecule has 0 bridgehead atoms. The van der Waals surface area contributed by atoms with Crippen LogP contribution in [0.2, 0.25) is 0 Å². The number of aromatic nitrogens is 1. The average Bonchev–Trinajstić information content (AvgIpc) is 2.88. The summed E-state index contributed by atoms with van der Waals surface area (Å²) in [5, 5.41) is 4.93. The Hall–Kier alpha value is -3.98. The number of benzene rings is 3. The predicted molar refractivity (Wildman–Crippen MR) is 134 cm³/mol. The van der Waals surface area contributed by atoms with E-state index in [2.05, 4.69) is 31.4 Å². The largest absolute Gasteiger partial charge is 0.493 e. The number of nitrogens with one attached hydrogen (secondary N) is 1. The SMILES string of the molecule is COc1cc(/C=N\NC(=O)COc2cccc3cccnc23)c(Br)cc1OCc1ccc(F)cc1. The van der Waals surface area contributed by atoms with Crippen LogP contribution in [-0.4, -0.2) is 30.8 Å². The smallest absolute Gasteiger partial charge is 0.277 e. The van der Waals surface area contributed by atoms with Crippen LogP contribution in [0.1, 0.15) is 11.1 Å². The number of halogens is 2. The van der Waals surface area contributed by atoms with Crippen LogP contribution in [-0.2, 0) is 11.4 Å². The maximum atomic E-state index is 13.1. The van der Waals surface area contributed by atoms with Crippen LogP contribution in [0.4, 0.5) is 4.39 Å². The topological polar surface area (TPSA) is 82.0 Å². The standard InChI is InChI=1S/C26H21BrFN3O4/c1-33-23-12-19(21(27)13-24(23)34-15-17-7-9-20(28)10-8-17)14-30-31-25(32)16-35-22-6-2-4-18-5-3-11-29-26(18)22/h2-14H,15-16H2,1H3,(H,31,32)/b30-14-. The summed E-state index contributed by atoms with van der Waals surface area (Å²) in [6, 6.07) is 18.8. The molecule has 0 aliphatic rings. The number of nitrogens with zero attached hydrogens (tertiary/aromatic N) is 2. The van der Waals surface area contributed by atoms with Crippen molar-refractivity contribution in [1.82, 2.24) is 10.4 Å². The van der Waals surface area contributed by atoms with Crippen LogP contribution in [0.15, 0.2) is 82.5 Å². The molecule has 9 heteroatoms. The molecule has 0 aliphatic carbocycles. The summed E-state index contributed by atoms with van der Waals surface area (Å²) >= 11 is 3.48. The molecule has 3 aromatic carbocycles. The van der Waals surface area contributed by atoms with Crippen molar-refractivity contribution in [3.8, 4) is 17.2 Å². The molecule has 178 valence electrons. The Morgan fingerprint density at radius 2 is 1.86 bits per heavy atom. The Balaban J connectivity index is 1.35. The Labute approximate surface area is 209 Å². The maximum Gasteiger partial charge on any atom is 0.277 e. The molecule has 0 atom stereocenters. The number of hydrogen-bond donors (Lipinski definition) is 1. The molecule has 4 aromatic rings. The van der Waals surface area contributed by atoms with Gasteiger partial charge < -0.3 is 14.2 Å². The molecule has 1 N–H and O–H groups in total. The van der Waals surface area contributed by atoms with Crippen LogP contribution < -0.4 is 19.6 Å². The van der Waals surface area contributed by atoms with Gasteiger partial charge in [-0.1, -0.05) is 30.3 Å². The number of rotatable bonds is 9. The summed E-state index contributed by atoms with van der Waals surface area (Å²) in [5.41, 5.74) is 4.61. The van der Waals surface area contributed by atoms with E-state index in [9.17, 15) is 9.18 Å². The molecule has 35 heavy (non-hydrogen) atoms. The number of pyridine rings is 1. The summed E-state index contributed by atoms with van der Waals surface area (Å²) in [7, 11) is 1.52. The molecule has 0 aliphatic heterocycles. The lowest BCUT2D eigenvalue weighted by Gasteiger charge is -2.13. The van der Waals surface area contributed by atoms with E-state index in [4.69, 9.17) is 14.2 Å². The number of ether oxygens (including phenoxy) is 3. The molecule has 0 saturated carbocycles. The van der Waals surface area contributed by atoms with Crippen molar-refractivity contribution in [2.45, 2.75) is 6.61 Å². The highest BCUT2D eigenvalue weighted by molar-refractivity contribution is 9.10. The van der Waals surface area contributed by atoms with Crippen molar-refractivity contribution in [2.24, 2.45) is 5.10 Å². The fourth-order valence-electron chi connectivity index (χ4n) is 3.21. The number of carbonyl (C=O) groups is 1. The van der Waals surface area contributed by atoms with Gasteiger partial charge in [0, 0.05) is 21.6 Å². The summed E-state index contributed by atoms with van der Waals surface area (Å²) in [6.07, 6.45) is 3.15. The number of hydrogen-bond acceptors (Lipinski definition) is 6. The van der Waals surface area contributed by atoms with E-state index in [0.717, 1.165) is 10.9 Å². The van der Waals surface area contributed by atoms with Gasteiger partial charge in [-0.2, -0.15) is 5.10 Å². The predicted octanol–water partition coefficient (Wildman–Crippen LogP) is 5.25. The molecular weight excluding hydrogens is 517 g/mol. The lowest BCUT2D eigenvalue weighted by Crippen LogP contribution is -2.24. The van der Waals surface area contributed by atoms with Gasteiger partial charge in [-0.3, -0.25) is 9.78 Å². The Bertz CT molecular complexity index is 1360. The lowest BCUT2D eigenvalue weighted by atomic mass is 10.2. The zero-order valence-electron chi connectivity index (χ0n) is 18.7. The van der Waals surface area contributed by atoms with E-state index in [1.165, 1.54) is 25.5 Å². The second-order valence-electron chi connectivity index (χ2n) is 7.35. The van der Waals surface area contributed by atoms with Crippen molar-refractivity contribution in [3.63, 3.8) is 0 Å². The fourth-order valence-corrected chi connectivity index (χ4v) is 3.63. The molecule has 1 aromatic heterocycles. The van der Waals surface area contributed by atoms with Crippen molar-refractivity contribution in [3.05, 3.63) is 94.3 Å². The minimum absolute atomic E-state index is 0.215. The Morgan fingerprint density at radius 1 is 1.06 bits per heavy atom. The average molecular weight is 538 g/mol. The van der Waals surface area contributed by atoms with Crippen molar-refractivity contribution < 1.29 is 23.4 Å². The van der Waals surface area contributed by atoms with E-state index in [-0.39, 0.29) is 19.0 Å². The highest BCUT2D eigenvalue weighted by Crippen LogP contribution is 2.33. The third-order valence-electron chi connectivity index (χ3n) is 4.94. The van der Waals surface area contributed by atoms with E-state index in [0.29, 0.717) is 32.8 Å². The normalized spacial score (nSPS) is 10.9. The summed E-state index contributed by atoms with van der Waals surface area (Å²) in [5.74, 6) is 0.779. The second-order valence-corrected chi connectivity index (χ2v) is 8.21. The van der Waals surface area contributed by atoms with Crippen LogP contribution >= 0.6 is 15.9 Å². The third-order valence-corrected chi connectivity index (χ3v) is 5.62. The van der Waals surface area contributed by atoms with Gasteiger partial charge in [-0.05, 0) is 57.9 Å². The van der Waals surface area contributed by atoms with Gasteiger partial charge in [0.05, 0.1) is 13.3 Å². The van der Waals surface area contributed by atoms with Gasteiger partial charge in [0.2, 0.25) is 0 Å². The summed E-state index contributed by atoms with van der Waals surface area (Å²) in [6.45, 7) is 0.0342. The van der Waals surface area contributed by atoms with Crippen LogP contribution in [0.3, 0.4) is 0 Å². The Kier molecular flexibility index (Phi) is 7.89. The number of para-hydroxylation sites is 1. The van der Waals surface area contributed by atoms with E-state index < -0.39 is 5.91 Å². The van der Waals surface area contributed by atoms with Gasteiger partial charge in [-0.25, -0.2) is 9.82 Å². The quantitative estimate of drug-likeness (QED) is 0.233. The zero-order valence-corrected chi connectivity index (χ0v) is 20.3. The lowest BCUT2D eigenvalue weighted by molar-refractivity contribution is -0.123. The molecule has 0 unspecified atom stereocenters. The molecule has 7 nitrogen and oxygen atoms in total. The van der Waals surface area contributed by atoms with Gasteiger partial charge in [0.15, 0.2) is 18.1 Å². The maximum absolute atomic E-state index is 13.1. The number of methoxy groups -OCH3 is 1. The van der Waals surface area contributed by atoms with Gasteiger partial charge >= 0.3 is 0 Å². The van der Waals surface area contributed by atoms with Crippen LogP contribution in [0, 0.1) is 5.82 Å². The first kappa shape index (κ1) is 24.2. The van der Waals surface area contributed by atoms with Crippen LogP contribution in [0.25, 0.3) is 10.9 Å². The van der Waals surface area contributed by atoms with Crippen molar-refractivity contribution >= 4 is 39.0 Å². The van der Waals surface area contributed by atoms with E-state index in [1.54, 1.807) is 36.5 Å². The summed E-state index contributed by atoms with van der Waals surface area (Å²) in [4.78, 5) is 16.5. The Morgan fingerprint density at radius 3 is 2.66 bits per heavy atom. The first-order chi connectivity index (χ1) is 17.0. The van der Waals surface area contributed by atoms with Gasteiger partial charge in [-0.15, -0.1) is 0 Å². The molecular formula is C26H21BrFN3O4. The molecule has 1 amide bonds. The molecule has 0 spiro atoms. The first-order valence-electron chi connectivity index (χ1n) is 10.6. The highest BCUT2D eigenvalue weighted by atomic mass is 79.9. The fraction of sp³-hybridized carbons (Fsp3) is 0.115. The van der Waals surface area contributed by atoms with E-state index >= 15 is 0 Å². The minimum atomic E-state index is -0.420. The second kappa shape index (κ2) is 11.4. The van der Waals surface area contributed by atoms with Gasteiger partial charge in [0.1, 0.15) is 23.7 Å². The molecule has 1 heterocycles. The number of fused-ring (bicyclic) bond motifs is 1. The third kappa shape index (κ3) is 6.33. The molecule has 0 saturated heterocycles. The molecule has 4 rings (SSSR count). The molecule has 0 fully saturated rings. The number of hydrazone groups is 1. The first-order valence-corrected chi connectivity index (χ1v) is 11.4. The number of carbonyl (C=O) groups excluding carboxylic acids is 1. The van der Waals surface area contributed by atoms with Crippen molar-refractivity contribution in [1.29, 1.82) is 0 Å². The monoisotopic (exact) mass is 537 g/mol. The van der Waals surface area contributed by atoms with Crippen molar-refractivity contribution in [2.75, 3.05) is 13.7 Å². The number of amides is 1. The molecule has 0 radical (unpaired) electrons. The van der Waals surface area contributed by atoms with Crippen LogP contribution in [0.5, 0.6) is 17.2 Å². The van der Waals surface area contributed by atoms with E-state index in [1.807, 2.05) is 24.3 Å². The minimum Gasteiger partial charge on any atom is -0.493 e.